The van der Waals surface area contributed by atoms with Gasteiger partial charge in [0.2, 0.25) is 0 Å². The molecule has 0 aliphatic heterocycles. The van der Waals surface area contributed by atoms with Crippen LogP contribution in [0.5, 0.6) is 0 Å². The SMILES string of the molecule is C/C=C\C(CCCCCCC)O[CH2][Sn]([CH2]CCC)([CH2]CCC)[CH2]CCC. The number of ether oxygens (including phenoxy) is 1. The molecular weight excluding hydrogens is 423 g/mol. The van der Waals surface area contributed by atoms with Crippen molar-refractivity contribution in [3.8, 4) is 0 Å². The first kappa shape index (κ1) is 26.5. The molecule has 1 unspecified atom stereocenters. The molecule has 0 saturated carbocycles. The van der Waals surface area contributed by atoms with Crippen LogP contribution in [-0.4, -0.2) is 29.1 Å². The third-order valence-corrected chi connectivity index (χ3v) is 20.1. The van der Waals surface area contributed by atoms with E-state index >= 15 is 0 Å². The fraction of sp³-hybridized carbons (Fsp3) is 0.917. The van der Waals surface area contributed by atoms with Crippen LogP contribution in [0.3, 0.4) is 0 Å². The second-order valence-electron chi connectivity index (χ2n) is 8.39. The van der Waals surface area contributed by atoms with E-state index in [2.05, 4.69) is 46.8 Å². The zero-order valence-electron chi connectivity index (χ0n) is 19.0. The minimum atomic E-state index is -2.13. The summed E-state index contributed by atoms with van der Waals surface area (Å²) in [5.41, 5.74) is 0. The Kier molecular flexibility index (Phi) is 19.2. The van der Waals surface area contributed by atoms with Gasteiger partial charge in [0, 0.05) is 0 Å². The van der Waals surface area contributed by atoms with Crippen LogP contribution in [0.1, 0.15) is 112 Å². The summed E-state index contributed by atoms with van der Waals surface area (Å²) in [5.74, 6) is 0. The maximum absolute atomic E-state index is 6.65. The van der Waals surface area contributed by atoms with E-state index in [1.807, 2.05) is 0 Å². The molecular formula is C24H50OSn. The molecule has 0 heterocycles. The van der Waals surface area contributed by atoms with Crippen LogP contribution in [0.25, 0.3) is 0 Å². The van der Waals surface area contributed by atoms with Crippen molar-refractivity contribution >= 4 is 18.4 Å². The molecule has 0 rings (SSSR count). The van der Waals surface area contributed by atoms with E-state index in [0.29, 0.717) is 6.10 Å². The Labute approximate surface area is 170 Å². The molecule has 0 bridgehead atoms. The molecule has 0 saturated heterocycles. The molecule has 0 spiro atoms. The summed E-state index contributed by atoms with van der Waals surface area (Å²) >= 11 is -2.13. The fourth-order valence-electron chi connectivity index (χ4n) is 3.93. The minimum absolute atomic E-state index is 0.377. The molecule has 0 aromatic carbocycles. The van der Waals surface area contributed by atoms with Crippen LogP contribution in [0.15, 0.2) is 12.2 Å². The average Bonchev–Trinajstić information content (AvgIpc) is 2.66. The van der Waals surface area contributed by atoms with Gasteiger partial charge in [-0.1, -0.05) is 0 Å². The standard InChI is InChI=1S/C12H23O.3C4H9.Sn/c1-4-6-7-8-9-11-12(13-3)10-5-2;3*1-3-4-2;/h5,10,12H,3-4,6-9,11H2,1-2H3;3*1,3-4H2,2H3;/b10-5-;;;;. The van der Waals surface area contributed by atoms with Crippen molar-refractivity contribution in [3.05, 3.63) is 12.2 Å². The molecule has 0 radical (unpaired) electrons. The normalized spacial score (nSPS) is 13.6. The van der Waals surface area contributed by atoms with Gasteiger partial charge in [-0.3, -0.25) is 0 Å². The van der Waals surface area contributed by atoms with E-state index in [4.69, 9.17) is 4.74 Å². The third kappa shape index (κ3) is 13.6. The summed E-state index contributed by atoms with van der Waals surface area (Å²) in [6, 6.07) is 0. The van der Waals surface area contributed by atoms with Crippen LogP contribution < -0.4 is 0 Å². The first-order chi connectivity index (χ1) is 12.7. The van der Waals surface area contributed by atoms with Gasteiger partial charge in [0.25, 0.3) is 0 Å². The number of unbranched alkanes of at least 4 members (excludes halogenated alkanes) is 7. The molecule has 0 aliphatic carbocycles. The average molecular weight is 473 g/mol. The number of allylic oxidation sites excluding steroid dienone is 1. The Hall–Kier alpha value is 0.499. The van der Waals surface area contributed by atoms with Crippen molar-refractivity contribution in [2.75, 3.05) is 4.62 Å². The van der Waals surface area contributed by atoms with Gasteiger partial charge < -0.3 is 0 Å². The van der Waals surface area contributed by atoms with Crippen molar-refractivity contribution in [2.24, 2.45) is 0 Å². The second-order valence-corrected chi connectivity index (χ2v) is 22.1. The Morgan fingerprint density at radius 3 is 1.65 bits per heavy atom. The van der Waals surface area contributed by atoms with Gasteiger partial charge in [-0.2, -0.15) is 0 Å². The van der Waals surface area contributed by atoms with Crippen molar-refractivity contribution < 1.29 is 4.74 Å². The Morgan fingerprint density at radius 1 is 0.692 bits per heavy atom. The number of hydrogen-bond donors (Lipinski definition) is 0. The van der Waals surface area contributed by atoms with Crippen LogP contribution in [-0.2, 0) is 4.74 Å². The van der Waals surface area contributed by atoms with E-state index in [9.17, 15) is 0 Å². The molecule has 0 N–H and O–H groups in total. The molecule has 0 fully saturated rings. The topological polar surface area (TPSA) is 9.23 Å². The van der Waals surface area contributed by atoms with Gasteiger partial charge in [-0.15, -0.1) is 0 Å². The first-order valence-corrected chi connectivity index (χ1v) is 20.0. The maximum atomic E-state index is 6.65. The van der Waals surface area contributed by atoms with E-state index in [1.54, 1.807) is 13.3 Å². The van der Waals surface area contributed by atoms with E-state index in [0.717, 1.165) is 0 Å². The molecule has 156 valence electrons. The fourth-order valence-corrected chi connectivity index (χ4v) is 18.4. The first-order valence-electron chi connectivity index (χ1n) is 11.9. The van der Waals surface area contributed by atoms with Crippen molar-refractivity contribution in [3.63, 3.8) is 0 Å². The predicted molar refractivity (Wildman–Crippen MR) is 123 cm³/mol. The van der Waals surface area contributed by atoms with Crippen molar-refractivity contribution in [2.45, 2.75) is 131 Å². The predicted octanol–water partition coefficient (Wildman–Crippen LogP) is 8.70. The molecule has 26 heavy (non-hydrogen) atoms. The van der Waals surface area contributed by atoms with Gasteiger partial charge in [0.05, 0.1) is 0 Å². The van der Waals surface area contributed by atoms with Crippen molar-refractivity contribution in [1.82, 2.24) is 0 Å². The third-order valence-electron chi connectivity index (χ3n) is 5.78. The van der Waals surface area contributed by atoms with Gasteiger partial charge in [-0.05, 0) is 0 Å². The molecule has 0 amide bonds. The van der Waals surface area contributed by atoms with E-state index in [1.165, 1.54) is 81.7 Å². The molecule has 0 aromatic heterocycles. The van der Waals surface area contributed by atoms with Crippen LogP contribution >= 0.6 is 0 Å². The van der Waals surface area contributed by atoms with E-state index in [-0.39, 0.29) is 0 Å². The zero-order valence-corrected chi connectivity index (χ0v) is 21.8. The molecule has 0 aliphatic rings. The summed E-state index contributed by atoms with van der Waals surface area (Å²) in [5, 5.41) is 0. The van der Waals surface area contributed by atoms with Crippen molar-refractivity contribution in [1.29, 1.82) is 0 Å². The van der Waals surface area contributed by atoms with Gasteiger partial charge in [0.15, 0.2) is 0 Å². The summed E-state index contributed by atoms with van der Waals surface area (Å²) < 4.78 is 12.5. The summed E-state index contributed by atoms with van der Waals surface area (Å²) in [6.07, 6.45) is 21.4. The van der Waals surface area contributed by atoms with Crippen LogP contribution in [0, 0.1) is 0 Å². The van der Waals surface area contributed by atoms with Crippen LogP contribution in [0.4, 0.5) is 0 Å². The molecule has 1 nitrogen and oxygen atoms in total. The summed E-state index contributed by atoms with van der Waals surface area (Å²) in [6.45, 7) is 11.5. The number of hydrogen-bond acceptors (Lipinski definition) is 1. The molecule has 0 aromatic rings. The summed E-state index contributed by atoms with van der Waals surface area (Å²) in [4.78, 5) is 0. The quantitative estimate of drug-likeness (QED) is 0.104. The Balaban J connectivity index is 4.72. The van der Waals surface area contributed by atoms with Gasteiger partial charge in [-0.25, -0.2) is 0 Å². The monoisotopic (exact) mass is 474 g/mol. The van der Waals surface area contributed by atoms with E-state index < -0.39 is 18.4 Å². The van der Waals surface area contributed by atoms with Crippen LogP contribution in [0.2, 0.25) is 13.3 Å². The number of rotatable bonds is 19. The Bertz CT molecular complexity index is 292. The second kappa shape index (κ2) is 18.8. The van der Waals surface area contributed by atoms with Gasteiger partial charge >= 0.3 is 171 Å². The summed E-state index contributed by atoms with van der Waals surface area (Å²) in [7, 11) is 0. The van der Waals surface area contributed by atoms with Gasteiger partial charge in [0.1, 0.15) is 0 Å². The zero-order chi connectivity index (χ0) is 19.5. The molecule has 2 heteroatoms. The molecule has 1 atom stereocenters. The Morgan fingerprint density at radius 2 is 1.19 bits per heavy atom.